The third kappa shape index (κ3) is 3.13. The smallest absolute Gasteiger partial charge is 0.104 e. The van der Waals surface area contributed by atoms with Crippen LogP contribution in [-0.4, -0.2) is 24.1 Å². The molecule has 0 heterocycles. The number of hydrogen-bond acceptors (Lipinski definition) is 0. The number of halogens is 2. The highest BCUT2D eigenvalue weighted by molar-refractivity contribution is 6.41. The molecule has 0 aliphatic carbocycles. The van der Waals surface area contributed by atoms with Crippen molar-refractivity contribution in [3.05, 3.63) is 33.8 Å². The van der Waals surface area contributed by atoms with E-state index in [1.54, 1.807) is 0 Å². The van der Waals surface area contributed by atoms with Gasteiger partial charge in [-0.3, -0.25) is 0 Å². The van der Waals surface area contributed by atoms with Crippen molar-refractivity contribution in [1.29, 1.82) is 0 Å². The van der Waals surface area contributed by atoms with Crippen molar-refractivity contribution in [2.45, 2.75) is 27.3 Å². The van der Waals surface area contributed by atoms with E-state index in [0.717, 1.165) is 30.7 Å². The maximum atomic E-state index is 6.03. The van der Waals surface area contributed by atoms with Gasteiger partial charge in [-0.2, -0.15) is 0 Å². The predicted molar refractivity (Wildman–Crippen MR) is 72.0 cm³/mol. The summed E-state index contributed by atoms with van der Waals surface area (Å²) < 4.78 is 1.10. The molecule has 0 atom stereocenters. The molecule has 0 saturated carbocycles. The van der Waals surface area contributed by atoms with Gasteiger partial charge in [0.25, 0.3) is 0 Å². The fourth-order valence-electron chi connectivity index (χ4n) is 2.03. The third-order valence-electron chi connectivity index (χ3n) is 3.51. The van der Waals surface area contributed by atoms with Crippen molar-refractivity contribution in [3.63, 3.8) is 0 Å². The molecule has 1 rings (SSSR count). The fourth-order valence-corrected chi connectivity index (χ4v) is 2.35. The summed E-state index contributed by atoms with van der Waals surface area (Å²) in [5.74, 6) is 0. The van der Waals surface area contributed by atoms with Crippen LogP contribution in [0.1, 0.15) is 26.3 Å². The Bertz CT molecular complexity index is 338. The van der Waals surface area contributed by atoms with Crippen LogP contribution in [0.4, 0.5) is 0 Å². The molecule has 0 spiro atoms. The van der Waals surface area contributed by atoms with Crippen molar-refractivity contribution >= 4 is 23.2 Å². The Morgan fingerprint density at radius 3 is 1.94 bits per heavy atom. The Kier molecular flexibility index (Phi) is 5.10. The zero-order valence-electron chi connectivity index (χ0n) is 10.3. The highest BCUT2D eigenvalue weighted by Gasteiger charge is 2.21. The average Bonchev–Trinajstić information content (AvgIpc) is 2.31. The monoisotopic (exact) mass is 260 g/mol. The molecular weight excluding hydrogens is 241 g/mol. The van der Waals surface area contributed by atoms with Crippen molar-refractivity contribution in [1.82, 2.24) is 0 Å². The lowest BCUT2D eigenvalue weighted by molar-refractivity contribution is -0.936. The molecule has 0 fully saturated rings. The largest absolute Gasteiger partial charge is 0.321 e. The van der Waals surface area contributed by atoms with E-state index in [1.807, 2.05) is 12.1 Å². The van der Waals surface area contributed by atoms with Crippen LogP contribution in [0.2, 0.25) is 10.0 Å². The van der Waals surface area contributed by atoms with Gasteiger partial charge in [-0.15, -0.1) is 0 Å². The van der Waals surface area contributed by atoms with Gasteiger partial charge in [0.15, 0.2) is 0 Å². The van der Waals surface area contributed by atoms with Crippen LogP contribution >= 0.6 is 23.2 Å². The van der Waals surface area contributed by atoms with Gasteiger partial charge in [0.2, 0.25) is 0 Å². The van der Waals surface area contributed by atoms with Gasteiger partial charge in [-0.25, -0.2) is 0 Å². The van der Waals surface area contributed by atoms with Gasteiger partial charge in [0.05, 0.1) is 29.7 Å². The Morgan fingerprint density at radius 2 is 1.50 bits per heavy atom. The van der Waals surface area contributed by atoms with Gasteiger partial charge in [-0.05, 0) is 32.9 Å². The van der Waals surface area contributed by atoms with Crippen molar-refractivity contribution in [2.24, 2.45) is 0 Å². The van der Waals surface area contributed by atoms with Crippen LogP contribution in [-0.2, 0) is 6.54 Å². The van der Waals surface area contributed by atoms with Crippen molar-refractivity contribution < 1.29 is 4.48 Å². The molecule has 0 N–H and O–H groups in total. The topological polar surface area (TPSA) is 0 Å². The second-order valence-corrected chi connectivity index (χ2v) is 5.01. The molecule has 1 nitrogen and oxygen atoms in total. The van der Waals surface area contributed by atoms with Crippen LogP contribution < -0.4 is 0 Å². The molecule has 1 aromatic rings. The number of benzene rings is 1. The third-order valence-corrected chi connectivity index (χ3v) is 4.25. The standard InChI is InChI=1S/C13H20Cl2N/c1-4-16(5-2,6-3)10-11-7-8-12(14)13(15)9-11/h7-9H,4-6,10H2,1-3H3/q+1. The van der Waals surface area contributed by atoms with E-state index in [9.17, 15) is 0 Å². The highest BCUT2D eigenvalue weighted by Crippen LogP contribution is 2.24. The minimum atomic E-state index is 0.632. The van der Waals surface area contributed by atoms with E-state index in [0.29, 0.717) is 10.0 Å². The molecule has 1 aromatic carbocycles. The molecule has 0 saturated heterocycles. The van der Waals surface area contributed by atoms with Crippen LogP contribution in [0.3, 0.4) is 0 Å². The zero-order chi connectivity index (χ0) is 12.2. The quantitative estimate of drug-likeness (QED) is 0.690. The van der Waals surface area contributed by atoms with Crippen LogP contribution in [0.5, 0.6) is 0 Å². The Morgan fingerprint density at radius 1 is 0.938 bits per heavy atom. The number of hydrogen-bond donors (Lipinski definition) is 0. The first-order chi connectivity index (χ1) is 7.56. The average molecular weight is 261 g/mol. The molecular formula is C13H20Cl2N+. The minimum Gasteiger partial charge on any atom is -0.321 e. The summed E-state index contributed by atoms with van der Waals surface area (Å²) in [7, 11) is 0. The van der Waals surface area contributed by atoms with Gasteiger partial charge in [0.1, 0.15) is 6.54 Å². The molecule has 16 heavy (non-hydrogen) atoms. The first-order valence-electron chi connectivity index (χ1n) is 5.86. The van der Waals surface area contributed by atoms with Crippen LogP contribution in [0, 0.1) is 0 Å². The maximum absolute atomic E-state index is 6.03. The van der Waals surface area contributed by atoms with Crippen molar-refractivity contribution in [2.75, 3.05) is 19.6 Å². The Hall–Kier alpha value is -0.240. The maximum Gasteiger partial charge on any atom is 0.104 e. The second kappa shape index (κ2) is 5.90. The molecule has 0 bridgehead atoms. The lowest BCUT2D eigenvalue weighted by atomic mass is 10.1. The molecule has 0 amide bonds. The summed E-state index contributed by atoms with van der Waals surface area (Å²) in [5, 5.41) is 1.29. The summed E-state index contributed by atoms with van der Waals surface area (Å²) in [6.07, 6.45) is 0. The highest BCUT2D eigenvalue weighted by atomic mass is 35.5. The predicted octanol–water partition coefficient (Wildman–Crippen LogP) is 4.37. The minimum absolute atomic E-state index is 0.632. The van der Waals surface area contributed by atoms with Crippen LogP contribution in [0.15, 0.2) is 18.2 Å². The molecule has 3 heteroatoms. The molecule has 0 unspecified atom stereocenters. The molecule has 0 aliphatic rings. The molecule has 90 valence electrons. The first-order valence-corrected chi connectivity index (χ1v) is 6.61. The van der Waals surface area contributed by atoms with Gasteiger partial charge < -0.3 is 4.48 Å². The first kappa shape index (κ1) is 13.8. The zero-order valence-corrected chi connectivity index (χ0v) is 11.8. The number of quaternary nitrogens is 1. The number of nitrogens with zero attached hydrogens (tertiary/aromatic N) is 1. The van der Waals surface area contributed by atoms with E-state index >= 15 is 0 Å². The fraction of sp³-hybridized carbons (Fsp3) is 0.538. The second-order valence-electron chi connectivity index (χ2n) is 4.20. The summed E-state index contributed by atoms with van der Waals surface area (Å²) in [6.45, 7) is 11.2. The summed E-state index contributed by atoms with van der Waals surface area (Å²) in [4.78, 5) is 0. The van der Waals surface area contributed by atoms with E-state index in [2.05, 4.69) is 26.8 Å². The molecule has 0 aliphatic heterocycles. The lowest BCUT2D eigenvalue weighted by Crippen LogP contribution is -2.46. The van der Waals surface area contributed by atoms with E-state index in [1.165, 1.54) is 5.56 Å². The Labute approximate surface area is 109 Å². The van der Waals surface area contributed by atoms with E-state index < -0.39 is 0 Å². The number of rotatable bonds is 5. The SMILES string of the molecule is CC[N+](CC)(CC)Cc1ccc(Cl)c(Cl)c1. The Balaban J connectivity index is 2.89. The molecule has 0 aromatic heterocycles. The summed E-state index contributed by atoms with van der Waals surface area (Å²) >= 11 is 11.9. The molecule has 0 radical (unpaired) electrons. The normalized spacial score (nSPS) is 11.8. The van der Waals surface area contributed by atoms with Gasteiger partial charge >= 0.3 is 0 Å². The summed E-state index contributed by atoms with van der Waals surface area (Å²) in [5.41, 5.74) is 1.26. The van der Waals surface area contributed by atoms with Crippen LogP contribution in [0.25, 0.3) is 0 Å². The summed E-state index contributed by atoms with van der Waals surface area (Å²) in [6, 6.07) is 5.94. The van der Waals surface area contributed by atoms with Gasteiger partial charge in [0, 0.05) is 5.56 Å². The van der Waals surface area contributed by atoms with Gasteiger partial charge in [-0.1, -0.05) is 29.3 Å². The van der Waals surface area contributed by atoms with E-state index in [-0.39, 0.29) is 0 Å². The lowest BCUT2D eigenvalue weighted by Gasteiger charge is -2.36. The van der Waals surface area contributed by atoms with Crippen molar-refractivity contribution in [3.8, 4) is 0 Å². The van der Waals surface area contributed by atoms with E-state index in [4.69, 9.17) is 23.2 Å².